The highest BCUT2D eigenvalue weighted by Crippen LogP contribution is 2.38. The van der Waals surface area contributed by atoms with Gasteiger partial charge in [-0.15, -0.1) is 0 Å². The third-order valence-corrected chi connectivity index (χ3v) is 3.35. The van der Waals surface area contributed by atoms with E-state index >= 15 is 0 Å². The second-order valence-corrected chi connectivity index (χ2v) is 5.07. The van der Waals surface area contributed by atoms with Crippen molar-refractivity contribution in [2.24, 2.45) is 0 Å². The number of hydrogen-bond acceptors (Lipinski definition) is 5. The van der Waals surface area contributed by atoms with Crippen molar-refractivity contribution in [3.8, 4) is 0 Å². The fourth-order valence-electron chi connectivity index (χ4n) is 1.75. The minimum absolute atomic E-state index is 0.00991. The van der Waals surface area contributed by atoms with Crippen LogP contribution in [0.5, 0.6) is 0 Å². The molecule has 1 fully saturated rings. The van der Waals surface area contributed by atoms with Gasteiger partial charge in [0.1, 0.15) is 0 Å². The summed E-state index contributed by atoms with van der Waals surface area (Å²) in [5, 5.41) is 6.75. The number of amides is 2. The first kappa shape index (κ1) is 14.8. The number of nitrogens with zero attached hydrogens (tertiary/aromatic N) is 3. The monoisotopic (exact) mass is 282 g/mol. The van der Waals surface area contributed by atoms with Crippen molar-refractivity contribution in [3.63, 3.8) is 0 Å². The number of nitrogens with one attached hydrogen (secondary N) is 1. The lowest BCUT2D eigenvalue weighted by molar-refractivity contribution is 0.115. The molecule has 1 saturated carbocycles. The number of methoxy groups -OCH3 is 1. The van der Waals surface area contributed by atoms with E-state index in [1.165, 1.54) is 0 Å². The predicted octanol–water partition coefficient (Wildman–Crippen LogP) is 1.51. The van der Waals surface area contributed by atoms with Gasteiger partial charge in [-0.05, 0) is 26.7 Å². The lowest BCUT2D eigenvalue weighted by atomic mass is 10.4. The zero-order chi connectivity index (χ0) is 14.5. The highest BCUT2D eigenvalue weighted by molar-refractivity contribution is 5.74. The van der Waals surface area contributed by atoms with Crippen LogP contribution in [-0.4, -0.2) is 47.4 Å². The summed E-state index contributed by atoms with van der Waals surface area (Å²) in [7, 11) is 1.62. The van der Waals surface area contributed by atoms with Gasteiger partial charge in [0.15, 0.2) is 5.82 Å². The number of carbonyl (C=O) groups is 1. The van der Waals surface area contributed by atoms with E-state index in [2.05, 4.69) is 15.5 Å². The second-order valence-electron chi connectivity index (χ2n) is 5.07. The Balaban J connectivity index is 1.85. The second kappa shape index (κ2) is 6.69. The van der Waals surface area contributed by atoms with E-state index in [0.717, 1.165) is 12.8 Å². The molecule has 0 aliphatic heterocycles. The smallest absolute Gasteiger partial charge is 0.317 e. The zero-order valence-corrected chi connectivity index (χ0v) is 12.3. The molecule has 1 atom stereocenters. The maximum Gasteiger partial charge on any atom is 0.317 e. The van der Waals surface area contributed by atoms with Gasteiger partial charge >= 0.3 is 6.03 Å². The van der Waals surface area contributed by atoms with Crippen molar-refractivity contribution in [1.82, 2.24) is 20.4 Å². The van der Waals surface area contributed by atoms with Gasteiger partial charge in [-0.25, -0.2) is 4.79 Å². The highest BCUT2D eigenvalue weighted by Gasteiger charge is 2.30. The molecule has 7 nitrogen and oxygen atoms in total. The summed E-state index contributed by atoms with van der Waals surface area (Å²) in [5.41, 5.74) is 0. The molecule has 0 unspecified atom stereocenters. The van der Waals surface area contributed by atoms with E-state index < -0.39 is 0 Å². The molecular formula is C13H22N4O3. The molecule has 2 amide bonds. The first-order valence-electron chi connectivity index (χ1n) is 7.02. The average molecular weight is 282 g/mol. The van der Waals surface area contributed by atoms with Crippen molar-refractivity contribution < 1.29 is 14.1 Å². The van der Waals surface area contributed by atoms with Gasteiger partial charge < -0.3 is 19.5 Å². The third-order valence-electron chi connectivity index (χ3n) is 3.35. The lowest BCUT2D eigenvalue weighted by Gasteiger charge is -2.20. The Morgan fingerprint density at radius 2 is 2.35 bits per heavy atom. The molecule has 112 valence electrons. The summed E-state index contributed by atoms with van der Waals surface area (Å²) in [5.74, 6) is 1.69. The van der Waals surface area contributed by atoms with E-state index in [0.29, 0.717) is 37.3 Å². The summed E-state index contributed by atoms with van der Waals surface area (Å²) in [4.78, 5) is 18.0. The van der Waals surface area contributed by atoms with Crippen LogP contribution in [0, 0.1) is 0 Å². The van der Waals surface area contributed by atoms with Gasteiger partial charge in [0, 0.05) is 26.1 Å². The summed E-state index contributed by atoms with van der Waals surface area (Å²) >= 11 is 0. The van der Waals surface area contributed by atoms with E-state index in [1.807, 2.05) is 13.8 Å². The largest absolute Gasteiger partial charge is 0.380 e. The van der Waals surface area contributed by atoms with E-state index in [-0.39, 0.29) is 12.1 Å². The molecule has 0 saturated heterocycles. The molecule has 1 N–H and O–H groups in total. The molecule has 0 spiro atoms. The Morgan fingerprint density at radius 3 is 2.95 bits per heavy atom. The van der Waals surface area contributed by atoms with Crippen molar-refractivity contribution >= 4 is 6.03 Å². The van der Waals surface area contributed by atoms with Crippen LogP contribution >= 0.6 is 0 Å². The first-order valence-corrected chi connectivity index (χ1v) is 7.02. The van der Waals surface area contributed by atoms with Crippen LogP contribution in [0.3, 0.4) is 0 Å². The SMILES string of the molecule is CCN(Cc1noc(C2CC2)n1)C(=O)NC[C@@H](C)OC. The Hall–Kier alpha value is -1.63. The van der Waals surface area contributed by atoms with E-state index in [1.54, 1.807) is 12.0 Å². The molecule has 1 aliphatic carbocycles. The van der Waals surface area contributed by atoms with Crippen LogP contribution in [0.1, 0.15) is 44.3 Å². The van der Waals surface area contributed by atoms with Crippen molar-refractivity contribution in [3.05, 3.63) is 11.7 Å². The molecular weight excluding hydrogens is 260 g/mol. The third kappa shape index (κ3) is 3.93. The maximum absolute atomic E-state index is 12.0. The van der Waals surface area contributed by atoms with Gasteiger partial charge in [-0.2, -0.15) is 4.98 Å². The standard InChI is InChI=1S/C13H22N4O3/c1-4-17(13(18)14-7-9(2)19-3)8-11-15-12(20-16-11)10-5-6-10/h9-10H,4-8H2,1-3H3,(H,14,18)/t9-/m1/s1. The Kier molecular flexibility index (Phi) is 4.94. The van der Waals surface area contributed by atoms with Gasteiger partial charge in [0.25, 0.3) is 0 Å². The van der Waals surface area contributed by atoms with Crippen LogP contribution in [0.15, 0.2) is 4.52 Å². The Labute approximate surface area is 118 Å². The number of rotatable bonds is 7. The van der Waals surface area contributed by atoms with E-state index in [9.17, 15) is 4.79 Å². The quantitative estimate of drug-likeness (QED) is 0.820. The zero-order valence-electron chi connectivity index (χ0n) is 12.3. The predicted molar refractivity (Wildman–Crippen MR) is 72.2 cm³/mol. The highest BCUT2D eigenvalue weighted by atomic mass is 16.5. The number of ether oxygens (including phenoxy) is 1. The number of carbonyl (C=O) groups excluding carboxylic acids is 1. The molecule has 1 aromatic rings. The van der Waals surface area contributed by atoms with Crippen LogP contribution in [-0.2, 0) is 11.3 Å². The van der Waals surface area contributed by atoms with Gasteiger partial charge in [0.05, 0.1) is 12.6 Å². The topological polar surface area (TPSA) is 80.5 Å². The summed E-state index contributed by atoms with van der Waals surface area (Å²) in [6, 6.07) is -0.144. The molecule has 0 bridgehead atoms. The van der Waals surface area contributed by atoms with Crippen molar-refractivity contribution in [1.29, 1.82) is 0 Å². The van der Waals surface area contributed by atoms with Gasteiger partial charge in [-0.1, -0.05) is 5.16 Å². The Morgan fingerprint density at radius 1 is 1.60 bits per heavy atom. The summed E-state index contributed by atoms with van der Waals surface area (Å²) in [6.07, 6.45) is 2.23. The van der Waals surface area contributed by atoms with Gasteiger partial charge in [0.2, 0.25) is 5.89 Å². The molecule has 1 aliphatic rings. The van der Waals surface area contributed by atoms with Crippen LogP contribution in [0.4, 0.5) is 4.79 Å². The number of urea groups is 1. The Bertz CT molecular complexity index is 445. The summed E-state index contributed by atoms with van der Waals surface area (Å²) in [6.45, 7) is 5.24. The first-order chi connectivity index (χ1) is 9.63. The maximum atomic E-state index is 12.0. The lowest BCUT2D eigenvalue weighted by Crippen LogP contribution is -2.42. The molecule has 7 heteroatoms. The van der Waals surface area contributed by atoms with Crippen LogP contribution in [0.2, 0.25) is 0 Å². The molecule has 1 heterocycles. The molecule has 0 radical (unpaired) electrons. The molecule has 2 rings (SSSR count). The summed E-state index contributed by atoms with van der Waals surface area (Å²) < 4.78 is 10.3. The van der Waals surface area contributed by atoms with Crippen molar-refractivity contribution in [2.75, 3.05) is 20.2 Å². The fraction of sp³-hybridized carbons (Fsp3) is 0.769. The minimum Gasteiger partial charge on any atom is -0.380 e. The van der Waals surface area contributed by atoms with Crippen LogP contribution < -0.4 is 5.32 Å². The fourth-order valence-corrected chi connectivity index (χ4v) is 1.75. The number of aromatic nitrogens is 2. The molecule has 0 aromatic carbocycles. The van der Waals surface area contributed by atoms with Gasteiger partial charge in [-0.3, -0.25) is 0 Å². The van der Waals surface area contributed by atoms with Crippen LogP contribution in [0.25, 0.3) is 0 Å². The normalized spacial score (nSPS) is 15.9. The van der Waals surface area contributed by atoms with Crippen molar-refractivity contribution in [2.45, 2.75) is 45.3 Å². The molecule has 1 aromatic heterocycles. The van der Waals surface area contributed by atoms with E-state index in [4.69, 9.17) is 9.26 Å². The molecule has 20 heavy (non-hydrogen) atoms. The number of hydrogen-bond donors (Lipinski definition) is 1. The minimum atomic E-state index is -0.144. The average Bonchev–Trinajstić information content (AvgIpc) is 3.21.